The van der Waals surface area contributed by atoms with Crippen molar-refractivity contribution in [1.29, 1.82) is 0 Å². The van der Waals surface area contributed by atoms with Crippen molar-refractivity contribution in [1.82, 2.24) is 20.1 Å². The number of hydrogen-bond donors (Lipinski definition) is 3. The Labute approximate surface area is 195 Å². The fourth-order valence-corrected chi connectivity index (χ4v) is 5.53. The van der Waals surface area contributed by atoms with Crippen LogP contribution >= 0.6 is 11.6 Å². The molecule has 1 fully saturated rings. The number of nitrogens with zero attached hydrogens (tertiary/aromatic N) is 2. The highest BCUT2D eigenvalue weighted by Crippen LogP contribution is 2.50. The Morgan fingerprint density at radius 2 is 2.15 bits per heavy atom. The minimum atomic E-state index is -1.11. The third kappa shape index (κ3) is 3.27. The Balaban J connectivity index is 1.69. The van der Waals surface area contributed by atoms with Gasteiger partial charge in [-0.15, -0.1) is 0 Å². The minimum Gasteiger partial charge on any atom is -0.512 e. The topological polar surface area (TPSA) is 88.7 Å². The van der Waals surface area contributed by atoms with E-state index in [0.29, 0.717) is 37.9 Å². The zero-order valence-electron chi connectivity index (χ0n) is 18.5. The fourth-order valence-electron chi connectivity index (χ4n) is 5.37. The van der Waals surface area contributed by atoms with E-state index in [-0.39, 0.29) is 29.1 Å². The van der Waals surface area contributed by atoms with Crippen molar-refractivity contribution >= 4 is 34.4 Å². The molecular weight excluding hydrogens is 447 g/mol. The Hall–Kier alpha value is -2.84. The number of amides is 3. The SMILES string of the molecule is CNCCCN1C(=O)N2[C@H](C3=CCCC(O)=C3)c3[nH]c4cc(F)c(Cl)cc4c3C[C@@]2(C)C1=O. The van der Waals surface area contributed by atoms with Gasteiger partial charge in [-0.1, -0.05) is 17.7 Å². The lowest BCUT2D eigenvalue weighted by molar-refractivity contribution is -0.133. The Bertz CT molecular complexity index is 1240. The van der Waals surface area contributed by atoms with Gasteiger partial charge in [0.15, 0.2) is 0 Å². The van der Waals surface area contributed by atoms with Gasteiger partial charge >= 0.3 is 6.03 Å². The average Bonchev–Trinajstić information content (AvgIpc) is 3.20. The Kier molecular flexibility index (Phi) is 5.25. The van der Waals surface area contributed by atoms with Gasteiger partial charge in [0.2, 0.25) is 0 Å². The number of halogens is 2. The molecule has 0 bridgehead atoms. The second-order valence-corrected chi connectivity index (χ2v) is 9.53. The van der Waals surface area contributed by atoms with E-state index in [4.69, 9.17) is 11.6 Å². The monoisotopic (exact) mass is 472 g/mol. The summed E-state index contributed by atoms with van der Waals surface area (Å²) < 4.78 is 14.2. The summed E-state index contributed by atoms with van der Waals surface area (Å²) in [4.78, 5) is 33.5. The van der Waals surface area contributed by atoms with Gasteiger partial charge in [-0.05, 0) is 62.7 Å². The number of fused-ring (bicyclic) bond motifs is 4. The van der Waals surface area contributed by atoms with Crippen molar-refractivity contribution in [3.63, 3.8) is 0 Å². The van der Waals surface area contributed by atoms with Crippen LogP contribution in [0.4, 0.5) is 9.18 Å². The number of aliphatic hydroxyl groups excluding tert-OH is 1. The number of aromatic amines is 1. The highest BCUT2D eigenvalue weighted by atomic mass is 35.5. The molecule has 5 rings (SSSR count). The van der Waals surface area contributed by atoms with E-state index in [2.05, 4.69) is 10.3 Å². The maximum Gasteiger partial charge on any atom is 0.328 e. The summed E-state index contributed by atoms with van der Waals surface area (Å²) in [5, 5.41) is 14.0. The van der Waals surface area contributed by atoms with Crippen LogP contribution in [0.25, 0.3) is 10.9 Å². The van der Waals surface area contributed by atoms with Gasteiger partial charge < -0.3 is 15.4 Å². The maximum atomic E-state index is 14.2. The lowest BCUT2D eigenvalue weighted by Gasteiger charge is -2.43. The molecule has 0 spiro atoms. The van der Waals surface area contributed by atoms with Crippen LogP contribution in [0, 0.1) is 5.82 Å². The number of rotatable bonds is 5. The van der Waals surface area contributed by atoms with Gasteiger partial charge in [0.1, 0.15) is 17.4 Å². The minimum absolute atomic E-state index is 0.00497. The summed E-state index contributed by atoms with van der Waals surface area (Å²) >= 11 is 6.09. The van der Waals surface area contributed by atoms with Crippen molar-refractivity contribution in [2.45, 2.75) is 44.2 Å². The highest BCUT2D eigenvalue weighted by Gasteiger charge is 2.60. The lowest BCUT2D eigenvalue weighted by atomic mass is 9.80. The second kappa shape index (κ2) is 7.88. The fraction of sp³-hybridized carbons (Fsp3) is 0.417. The van der Waals surface area contributed by atoms with Crippen LogP contribution in [0.5, 0.6) is 0 Å². The molecule has 33 heavy (non-hydrogen) atoms. The summed E-state index contributed by atoms with van der Waals surface area (Å²) in [6, 6.07) is 1.96. The summed E-state index contributed by atoms with van der Waals surface area (Å²) in [7, 11) is 1.83. The number of H-pyrrole nitrogens is 1. The first-order valence-corrected chi connectivity index (χ1v) is 11.5. The molecule has 0 radical (unpaired) electrons. The molecule has 174 valence electrons. The summed E-state index contributed by atoms with van der Waals surface area (Å²) in [5.74, 6) is -0.551. The number of carbonyl (C=O) groups excluding carboxylic acids is 2. The van der Waals surface area contributed by atoms with E-state index in [1.165, 1.54) is 11.0 Å². The van der Waals surface area contributed by atoms with Gasteiger partial charge in [-0.3, -0.25) is 14.6 Å². The standard InChI is InChI=1S/C24H26ClFN4O3/c1-24-12-16-15-10-17(25)18(26)11-19(15)28-20(16)21(13-5-3-6-14(31)9-13)30(24)23(33)29(22(24)32)8-4-7-27-2/h5,9-11,21,27-28,31H,3-4,6-8,12H2,1-2H3/t21-,24+/m1/s1. The molecule has 2 atom stereocenters. The molecule has 1 aromatic carbocycles. The van der Waals surface area contributed by atoms with Crippen LogP contribution in [0.15, 0.2) is 35.6 Å². The van der Waals surface area contributed by atoms with E-state index >= 15 is 0 Å². The number of aromatic nitrogens is 1. The molecule has 3 heterocycles. The molecule has 2 aromatic rings. The zero-order chi connectivity index (χ0) is 23.5. The zero-order valence-corrected chi connectivity index (χ0v) is 19.3. The van der Waals surface area contributed by atoms with Crippen molar-refractivity contribution in [2.24, 2.45) is 0 Å². The molecule has 3 N–H and O–H groups in total. The van der Waals surface area contributed by atoms with Crippen LogP contribution in [0.1, 0.15) is 43.5 Å². The van der Waals surface area contributed by atoms with Crippen molar-refractivity contribution in [2.75, 3.05) is 20.1 Å². The van der Waals surface area contributed by atoms with E-state index in [1.807, 2.05) is 13.1 Å². The number of hydrogen-bond acceptors (Lipinski definition) is 4. The molecule has 7 nitrogen and oxygen atoms in total. The van der Waals surface area contributed by atoms with Gasteiger partial charge in [0.25, 0.3) is 5.91 Å². The summed E-state index contributed by atoms with van der Waals surface area (Å²) in [6.45, 7) is 2.80. The molecule has 1 aliphatic carbocycles. The highest BCUT2D eigenvalue weighted by molar-refractivity contribution is 6.31. The third-order valence-electron chi connectivity index (χ3n) is 6.95. The molecule has 1 saturated heterocycles. The molecular formula is C24H26ClFN4O3. The number of allylic oxidation sites excluding steroid dienone is 2. The van der Waals surface area contributed by atoms with E-state index in [9.17, 15) is 19.1 Å². The smallest absolute Gasteiger partial charge is 0.328 e. The predicted octanol–water partition coefficient (Wildman–Crippen LogP) is 4.35. The van der Waals surface area contributed by atoms with E-state index in [0.717, 1.165) is 22.2 Å². The van der Waals surface area contributed by atoms with Gasteiger partial charge in [-0.25, -0.2) is 9.18 Å². The number of urea groups is 1. The third-order valence-corrected chi connectivity index (χ3v) is 7.23. The summed E-state index contributed by atoms with van der Waals surface area (Å²) in [5.41, 5.74) is 1.76. The Morgan fingerprint density at radius 1 is 1.36 bits per heavy atom. The molecule has 3 aliphatic rings. The van der Waals surface area contributed by atoms with Crippen LogP contribution in [0.3, 0.4) is 0 Å². The van der Waals surface area contributed by atoms with Crippen LogP contribution in [-0.4, -0.2) is 57.5 Å². The van der Waals surface area contributed by atoms with E-state index < -0.39 is 17.4 Å². The van der Waals surface area contributed by atoms with Crippen molar-refractivity contribution < 1.29 is 19.1 Å². The number of nitrogens with one attached hydrogen (secondary N) is 2. The first-order chi connectivity index (χ1) is 15.8. The van der Waals surface area contributed by atoms with Crippen LogP contribution in [0.2, 0.25) is 5.02 Å². The van der Waals surface area contributed by atoms with Crippen LogP contribution in [-0.2, 0) is 11.2 Å². The van der Waals surface area contributed by atoms with Gasteiger partial charge in [0, 0.05) is 36.0 Å². The lowest BCUT2D eigenvalue weighted by Crippen LogP contribution is -2.53. The molecule has 0 unspecified atom stereocenters. The number of benzene rings is 1. The summed E-state index contributed by atoms with van der Waals surface area (Å²) in [6.07, 6.45) is 5.75. The van der Waals surface area contributed by atoms with Crippen molar-refractivity contribution in [3.8, 4) is 0 Å². The molecule has 0 saturated carbocycles. The molecule has 1 aromatic heterocycles. The predicted molar refractivity (Wildman–Crippen MR) is 124 cm³/mol. The maximum absolute atomic E-state index is 14.2. The quantitative estimate of drug-likeness (QED) is 0.446. The van der Waals surface area contributed by atoms with Crippen molar-refractivity contribution in [3.05, 3.63) is 57.7 Å². The number of aliphatic hydroxyl groups is 1. The number of carbonyl (C=O) groups is 2. The van der Waals surface area contributed by atoms with Gasteiger partial charge in [0.05, 0.1) is 10.8 Å². The molecule has 9 heteroatoms. The first kappa shape index (κ1) is 22.0. The van der Waals surface area contributed by atoms with Gasteiger partial charge in [-0.2, -0.15) is 0 Å². The molecule has 3 amide bonds. The van der Waals surface area contributed by atoms with E-state index in [1.54, 1.807) is 24.0 Å². The number of imide groups is 1. The molecule has 2 aliphatic heterocycles. The average molecular weight is 473 g/mol. The second-order valence-electron chi connectivity index (χ2n) is 9.13. The Morgan fingerprint density at radius 3 is 2.88 bits per heavy atom. The first-order valence-electron chi connectivity index (χ1n) is 11.1. The largest absolute Gasteiger partial charge is 0.512 e. The van der Waals surface area contributed by atoms with Crippen LogP contribution < -0.4 is 5.32 Å². The normalized spacial score (nSPS) is 24.8.